The van der Waals surface area contributed by atoms with Crippen LogP contribution in [0.15, 0.2) is 24.3 Å². The Morgan fingerprint density at radius 2 is 1.81 bits per heavy atom. The van der Waals surface area contributed by atoms with E-state index in [-0.39, 0.29) is 54.9 Å². The maximum atomic E-state index is 13.9. The molecule has 1 atom stereocenters. The summed E-state index contributed by atoms with van der Waals surface area (Å²) in [5.41, 5.74) is -2.71. The molecule has 0 radical (unpaired) electrons. The number of benzene rings is 1. The van der Waals surface area contributed by atoms with Gasteiger partial charge in [-0.25, -0.2) is 13.8 Å². The molecule has 1 unspecified atom stereocenters. The molecule has 5 rings (SSSR count). The van der Waals surface area contributed by atoms with Crippen molar-refractivity contribution in [2.24, 2.45) is 5.92 Å². The van der Waals surface area contributed by atoms with Crippen molar-refractivity contribution in [1.29, 1.82) is 0 Å². The molecular weight excluding hydrogens is 660 g/mol. The van der Waals surface area contributed by atoms with Gasteiger partial charge in [-0.1, -0.05) is 6.07 Å². The van der Waals surface area contributed by atoms with E-state index in [9.17, 15) is 44.7 Å². The molecule has 1 aromatic carbocycles. The number of aromatic amines is 1. The number of fused-ring (bicyclic) bond motifs is 1. The van der Waals surface area contributed by atoms with Crippen LogP contribution in [0.4, 0.5) is 46.8 Å². The number of anilines is 2. The smallest absolute Gasteiger partial charge is 0.418 e. The summed E-state index contributed by atoms with van der Waals surface area (Å²) in [6, 6.07) is 3.71. The first-order valence-corrected chi connectivity index (χ1v) is 15.1. The molecule has 262 valence electrons. The van der Waals surface area contributed by atoms with Crippen molar-refractivity contribution < 1.29 is 54.2 Å². The molecule has 2 amide bonds. The van der Waals surface area contributed by atoms with Crippen LogP contribution < -0.4 is 20.7 Å². The molecule has 10 nitrogen and oxygen atoms in total. The molecular formula is C30H32F8N6O4. The number of nitrogens with zero attached hydrogens (tertiary/aromatic N) is 2. The van der Waals surface area contributed by atoms with E-state index >= 15 is 0 Å². The number of hydrogen-bond donors (Lipinski definition) is 4. The van der Waals surface area contributed by atoms with E-state index in [0.29, 0.717) is 25.0 Å². The maximum absolute atomic E-state index is 13.9. The van der Waals surface area contributed by atoms with Gasteiger partial charge in [0, 0.05) is 19.2 Å². The zero-order valence-electron chi connectivity index (χ0n) is 25.5. The molecule has 2 aromatic heterocycles. The highest BCUT2D eigenvalue weighted by Gasteiger charge is 2.42. The summed E-state index contributed by atoms with van der Waals surface area (Å²) in [5.74, 6) is -3.54. The lowest BCUT2D eigenvalue weighted by Gasteiger charge is -2.30. The van der Waals surface area contributed by atoms with Crippen LogP contribution in [-0.4, -0.2) is 64.2 Å². The van der Waals surface area contributed by atoms with E-state index in [1.165, 1.54) is 12.1 Å². The lowest BCUT2D eigenvalue weighted by atomic mass is 9.85. The molecule has 18 heteroatoms. The molecule has 2 fully saturated rings. The summed E-state index contributed by atoms with van der Waals surface area (Å²) in [6.07, 6.45) is -11.2. The van der Waals surface area contributed by atoms with Crippen LogP contribution in [-0.2, 0) is 22.3 Å². The highest BCUT2D eigenvalue weighted by molar-refractivity contribution is 5.99. The molecule has 1 saturated heterocycles. The fraction of sp³-hybridized carbons (Fsp3) is 0.533. The minimum atomic E-state index is -4.79. The van der Waals surface area contributed by atoms with Crippen molar-refractivity contribution in [1.82, 2.24) is 25.6 Å². The largest absolute Gasteiger partial charge is 0.471 e. The number of halogens is 8. The lowest BCUT2D eigenvalue weighted by Crippen LogP contribution is -2.43. The predicted octanol–water partition coefficient (Wildman–Crippen LogP) is 6.40. The van der Waals surface area contributed by atoms with Gasteiger partial charge in [-0.3, -0.25) is 9.59 Å². The second-order valence-corrected chi connectivity index (χ2v) is 11.9. The van der Waals surface area contributed by atoms with Gasteiger partial charge in [0.15, 0.2) is 12.3 Å². The monoisotopic (exact) mass is 692 g/mol. The fourth-order valence-electron chi connectivity index (χ4n) is 5.73. The van der Waals surface area contributed by atoms with Gasteiger partial charge in [0.1, 0.15) is 16.7 Å². The van der Waals surface area contributed by atoms with Crippen molar-refractivity contribution in [2.45, 2.75) is 82.4 Å². The number of alkyl halides is 8. The van der Waals surface area contributed by atoms with Gasteiger partial charge >= 0.3 is 12.4 Å². The van der Waals surface area contributed by atoms with Crippen LogP contribution in [0.3, 0.4) is 0 Å². The van der Waals surface area contributed by atoms with Gasteiger partial charge in [-0.05, 0) is 69.2 Å². The summed E-state index contributed by atoms with van der Waals surface area (Å²) >= 11 is 0. The molecule has 3 heterocycles. The summed E-state index contributed by atoms with van der Waals surface area (Å²) in [7, 11) is 0. The Hall–Kier alpha value is -4.22. The van der Waals surface area contributed by atoms with Gasteiger partial charge in [0.2, 0.25) is 11.8 Å². The van der Waals surface area contributed by atoms with E-state index in [1.54, 1.807) is 6.92 Å². The van der Waals surface area contributed by atoms with Crippen molar-refractivity contribution >= 4 is 34.6 Å². The lowest BCUT2D eigenvalue weighted by molar-refractivity contribution is -0.182. The first-order chi connectivity index (χ1) is 22.5. The Kier molecular flexibility index (Phi) is 10.0. The molecule has 3 aromatic rings. The van der Waals surface area contributed by atoms with Crippen LogP contribution in [0.25, 0.3) is 11.2 Å². The SMILES string of the molecule is CC1(C(=O)NCc2ccc(C(F)(F)F)c(Nc3nc4cc(C(=O)N[C@H]5CC[C@H](C(F)(F)F)CC5)c(OCC(F)F)nc4[nH]3)c2)CCCO1. The molecule has 1 aliphatic heterocycles. The third-order valence-electron chi connectivity index (χ3n) is 8.35. The second kappa shape index (κ2) is 13.7. The van der Waals surface area contributed by atoms with Gasteiger partial charge in [-0.2, -0.15) is 31.3 Å². The minimum absolute atomic E-state index is 0.0344. The number of pyridine rings is 1. The number of ether oxygens (including phenoxy) is 2. The quantitative estimate of drug-likeness (QED) is 0.181. The highest BCUT2D eigenvalue weighted by Crippen LogP contribution is 2.39. The summed E-state index contributed by atoms with van der Waals surface area (Å²) < 4.78 is 117. The van der Waals surface area contributed by atoms with E-state index < -0.39 is 71.9 Å². The zero-order chi connectivity index (χ0) is 34.9. The predicted molar refractivity (Wildman–Crippen MR) is 155 cm³/mol. The number of aromatic nitrogens is 3. The number of hydrogen-bond acceptors (Lipinski definition) is 7. The molecule has 48 heavy (non-hydrogen) atoms. The van der Waals surface area contributed by atoms with Crippen LogP contribution in [0.1, 0.15) is 66.9 Å². The number of carbonyl (C=O) groups is 2. The molecule has 2 aliphatic rings. The standard InChI is InChI=1S/C30H32F8N6O4/c1-28(9-2-10-48-28)26(46)39-13-15-3-8-19(30(36,37)38)20(11-15)41-27-42-21-12-18(25(43-23(21)44-27)47-14-22(31)32)24(45)40-17-6-4-16(5-7-17)29(33,34)35/h3,8,11-12,16-17,22H,2,4-7,9-10,13-14H2,1H3,(H,39,46)(H,40,45)(H2,41,42,43,44)/t16-,17-,28?. The zero-order valence-corrected chi connectivity index (χ0v) is 25.5. The Morgan fingerprint density at radius 1 is 1.08 bits per heavy atom. The molecule has 0 spiro atoms. The fourth-order valence-corrected chi connectivity index (χ4v) is 5.73. The minimum Gasteiger partial charge on any atom is -0.471 e. The van der Waals surface area contributed by atoms with Gasteiger partial charge in [0.05, 0.1) is 17.2 Å². The average molecular weight is 693 g/mol. The van der Waals surface area contributed by atoms with Crippen LogP contribution in [0, 0.1) is 5.92 Å². The van der Waals surface area contributed by atoms with Gasteiger partial charge < -0.3 is 30.4 Å². The first kappa shape index (κ1) is 35.1. The first-order valence-electron chi connectivity index (χ1n) is 15.1. The van der Waals surface area contributed by atoms with E-state index in [0.717, 1.165) is 12.1 Å². The average Bonchev–Trinajstić information content (AvgIpc) is 3.63. The summed E-state index contributed by atoms with van der Waals surface area (Å²) in [5, 5.41) is 7.80. The molecule has 0 bridgehead atoms. The Labute approximate surface area is 268 Å². The van der Waals surface area contributed by atoms with E-state index in [2.05, 4.69) is 30.9 Å². The second-order valence-electron chi connectivity index (χ2n) is 11.9. The normalized spacial score (nSPS) is 21.8. The maximum Gasteiger partial charge on any atom is 0.418 e. The Morgan fingerprint density at radius 3 is 2.44 bits per heavy atom. The van der Waals surface area contributed by atoms with Gasteiger partial charge in [0.25, 0.3) is 18.2 Å². The molecule has 1 saturated carbocycles. The number of carbonyl (C=O) groups excluding carboxylic acids is 2. The topological polar surface area (TPSA) is 130 Å². The van der Waals surface area contributed by atoms with Crippen LogP contribution >= 0.6 is 0 Å². The Bertz CT molecular complexity index is 1630. The Balaban J connectivity index is 1.37. The number of amides is 2. The van der Waals surface area contributed by atoms with Crippen LogP contribution in [0.5, 0.6) is 5.88 Å². The number of H-pyrrole nitrogens is 1. The van der Waals surface area contributed by atoms with E-state index in [4.69, 9.17) is 9.47 Å². The summed E-state index contributed by atoms with van der Waals surface area (Å²) in [6.45, 7) is 0.806. The van der Waals surface area contributed by atoms with Crippen LogP contribution in [0.2, 0.25) is 0 Å². The third-order valence-corrected chi connectivity index (χ3v) is 8.35. The molecule has 4 N–H and O–H groups in total. The van der Waals surface area contributed by atoms with E-state index in [1.807, 2.05) is 0 Å². The van der Waals surface area contributed by atoms with Crippen molar-refractivity contribution in [3.05, 3.63) is 41.0 Å². The van der Waals surface area contributed by atoms with Gasteiger partial charge in [-0.15, -0.1) is 0 Å². The number of imidazole rings is 1. The number of nitrogens with one attached hydrogen (secondary N) is 4. The molecule has 1 aliphatic carbocycles. The number of rotatable bonds is 10. The highest BCUT2D eigenvalue weighted by atomic mass is 19.4. The van der Waals surface area contributed by atoms with Crippen molar-refractivity contribution in [3.8, 4) is 5.88 Å². The third kappa shape index (κ3) is 8.25. The van der Waals surface area contributed by atoms with Crippen molar-refractivity contribution in [2.75, 3.05) is 18.5 Å². The van der Waals surface area contributed by atoms with Crippen molar-refractivity contribution in [3.63, 3.8) is 0 Å². The summed E-state index contributed by atoms with van der Waals surface area (Å²) in [4.78, 5) is 36.6.